The number of benzene rings is 2. The maximum atomic E-state index is 13.4. The van der Waals surface area contributed by atoms with Crippen LogP contribution in [0, 0.1) is 0 Å². The van der Waals surface area contributed by atoms with Crippen molar-refractivity contribution in [2.75, 3.05) is 0 Å². The summed E-state index contributed by atoms with van der Waals surface area (Å²) in [4.78, 5) is 11.5. The molecule has 0 saturated heterocycles. The number of nitrogens with one attached hydrogen (secondary N) is 1. The van der Waals surface area contributed by atoms with Gasteiger partial charge >= 0.3 is 0 Å². The molecule has 0 aliphatic heterocycles. The largest absolute Gasteiger partial charge is 0.354 e. The van der Waals surface area contributed by atoms with Crippen LogP contribution in [0.25, 0.3) is 22.4 Å². The molecule has 0 radical (unpaired) electrons. The minimum Gasteiger partial charge on any atom is -0.354 e. The first-order valence-corrected chi connectivity index (χ1v) is 10.3. The number of amides is 1. The Hall–Kier alpha value is -3.07. The molecular weight excluding hydrogens is 402 g/mol. The van der Waals surface area contributed by atoms with Crippen molar-refractivity contribution in [1.29, 1.82) is 0 Å². The molecule has 0 saturated carbocycles. The number of carbonyl (C=O) groups is 1. The quantitative estimate of drug-likeness (QED) is 0.606. The molecular formula is C20H18F2N2O4S. The Balaban J connectivity index is 2.00. The number of halogens is 2. The second kappa shape index (κ2) is 8.52. The van der Waals surface area contributed by atoms with Gasteiger partial charge in [-0.3, -0.25) is 4.79 Å². The molecule has 6 nitrogen and oxygen atoms in total. The minimum atomic E-state index is -4.04. The van der Waals surface area contributed by atoms with Crippen molar-refractivity contribution in [1.82, 2.24) is 9.88 Å². The molecule has 1 heterocycles. The molecule has 0 bridgehead atoms. The molecule has 3 rings (SSSR count). The van der Waals surface area contributed by atoms with E-state index >= 15 is 0 Å². The van der Waals surface area contributed by atoms with Crippen LogP contribution in [-0.4, -0.2) is 19.5 Å². The molecule has 0 atom stereocenters. The highest BCUT2D eigenvalue weighted by molar-refractivity contribution is 7.90. The molecule has 3 aromatic rings. The molecule has 1 amide bonds. The summed E-state index contributed by atoms with van der Waals surface area (Å²) in [6.07, 6.45) is -2.31. The summed E-state index contributed by atoms with van der Waals surface area (Å²) in [6, 6.07) is 13.9. The van der Waals surface area contributed by atoms with E-state index in [4.69, 9.17) is 4.52 Å². The molecule has 1 N–H and O–H groups in total. The predicted octanol–water partition coefficient (Wildman–Crippen LogP) is 4.55. The average molecular weight is 420 g/mol. The van der Waals surface area contributed by atoms with Crippen LogP contribution in [0.4, 0.5) is 8.78 Å². The fourth-order valence-electron chi connectivity index (χ4n) is 2.81. The molecule has 2 aromatic carbocycles. The summed E-state index contributed by atoms with van der Waals surface area (Å²) in [5.74, 6) is -1.21. The summed E-state index contributed by atoms with van der Waals surface area (Å²) in [5.41, 5.74) is 1.22. The zero-order valence-corrected chi connectivity index (χ0v) is 16.2. The molecule has 29 heavy (non-hydrogen) atoms. The van der Waals surface area contributed by atoms with Gasteiger partial charge in [0.2, 0.25) is 11.7 Å². The Morgan fingerprint density at radius 3 is 2.31 bits per heavy atom. The van der Waals surface area contributed by atoms with Gasteiger partial charge in [-0.05, 0) is 24.1 Å². The number of aromatic nitrogens is 1. The van der Waals surface area contributed by atoms with Crippen LogP contribution in [0.3, 0.4) is 0 Å². The predicted molar refractivity (Wildman–Crippen MR) is 103 cm³/mol. The van der Waals surface area contributed by atoms with E-state index in [1.807, 2.05) is 4.72 Å². The first-order valence-electron chi connectivity index (χ1n) is 8.82. The summed E-state index contributed by atoms with van der Waals surface area (Å²) < 4.78 is 58.3. The fraction of sp³-hybridized carbons (Fsp3) is 0.200. The molecule has 0 fully saturated rings. The van der Waals surface area contributed by atoms with Crippen molar-refractivity contribution < 1.29 is 26.5 Å². The van der Waals surface area contributed by atoms with E-state index in [1.165, 1.54) is 24.3 Å². The van der Waals surface area contributed by atoms with Gasteiger partial charge in [0.25, 0.3) is 16.4 Å². The van der Waals surface area contributed by atoms with E-state index in [1.54, 1.807) is 37.3 Å². The van der Waals surface area contributed by atoms with Crippen molar-refractivity contribution in [3.8, 4) is 22.4 Å². The van der Waals surface area contributed by atoms with Crippen molar-refractivity contribution in [2.45, 2.75) is 31.1 Å². The van der Waals surface area contributed by atoms with E-state index < -0.39 is 28.1 Å². The maximum Gasteiger partial charge on any atom is 0.298 e. The van der Waals surface area contributed by atoms with Gasteiger partial charge in [0.1, 0.15) is 5.69 Å². The molecule has 0 unspecified atom stereocenters. The molecule has 0 aliphatic carbocycles. The normalized spacial score (nSPS) is 11.6. The number of rotatable bonds is 7. The van der Waals surface area contributed by atoms with Crippen LogP contribution < -0.4 is 4.72 Å². The van der Waals surface area contributed by atoms with Gasteiger partial charge in [-0.15, -0.1) is 0 Å². The summed E-state index contributed by atoms with van der Waals surface area (Å²) >= 11 is 0. The number of carbonyl (C=O) groups excluding carboxylic acids is 1. The number of sulfonamides is 1. The summed E-state index contributed by atoms with van der Waals surface area (Å²) in [7, 11) is -4.04. The first kappa shape index (κ1) is 20.7. The minimum absolute atomic E-state index is 0.0796. The van der Waals surface area contributed by atoms with Crippen LogP contribution in [0.2, 0.25) is 0 Å². The van der Waals surface area contributed by atoms with Gasteiger partial charge in [0.15, 0.2) is 0 Å². The Morgan fingerprint density at radius 1 is 1.07 bits per heavy atom. The lowest BCUT2D eigenvalue weighted by atomic mass is 9.99. The molecule has 152 valence electrons. The molecule has 0 spiro atoms. The SMILES string of the molecule is CCCC(=O)NS(=O)(=O)c1ccc(-c2c(-c3ccccc3)noc2C(F)F)cc1. The highest BCUT2D eigenvalue weighted by Crippen LogP contribution is 2.39. The van der Waals surface area contributed by atoms with E-state index in [0.29, 0.717) is 17.5 Å². The highest BCUT2D eigenvalue weighted by atomic mass is 32.2. The number of alkyl halides is 2. The van der Waals surface area contributed by atoms with E-state index in [9.17, 15) is 22.0 Å². The van der Waals surface area contributed by atoms with E-state index in [-0.39, 0.29) is 22.6 Å². The molecule has 0 aliphatic rings. The fourth-order valence-corrected chi connectivity index (χ4v) is 3.83. The standard InChI is InChI=1S/C20H18F2N2O4S/c1-2-6-16(25)24-29(26,27)15-11-9-13(10-12-15)17-18(14-7-4-3-5-8-14)23-28-19(17)20(21)22/h3-5,7-12,20H,2,6H2,1H3,(H,24,25). The summed E-state index contributed by atoms with van der Waals surface area (Å²) in [6.45, 7) is 1.75. The van der Waals surface area contributed by atoms with Crippen LogP contribution in [0.5, 0.6) is 0 Å². The lowest BCUT2D eigenvalue weighted by molar-refractivity contribution is -0.119. The Bertz CT molecular complexity index is 1100. The Morgan fingerprint density at radius 2 is 1.72 bits per heavy atom. The molecule has 1 aromatic heterocycles. The lowest BCUT2D eigenvalue weighted by Crippen LogP contribution is -2.30. The third-order valence-electron chi connectivity index (χ3n) is 4.14. The zero-order valence-electron chi connectivity index (χ0n) is 15.4. The van der Waals surface area contributed by atoms with Crippen molar-refractivity contribution in [3.05, 3.63) is 60.4 Å². The lowest BCUT2D eigenvalue weighted by Gasteiger charge is -2.08. The Labute approximate surface area is 166 Å². The summed E-state index contributed by atoms with van der Waals surface area (Å²) in [5, 5.41) is 3.78. The van der Waals surface area contributed by atoms with Gasteiger partial charge < -0.3 is 4.52 Å². The number of nitrogens with zero attached hydrogens (tertiary/aromatic N) is 1. The third-order valence-corrected chi connectivity index (χ3v) is 5.53. The maximum absolute atomic E-state index is 13.4. The van der Waals surface area contributed by atoms with Crippen LogP contribution in [0.1, 0.15) is 32.0 Å². The third kappa shape index (κ3) is 4.51. The number of hydrogen-bond donors (Lipinski definition) is 1. The second-order valence-electron chi connectivity index (χ2n) is 6.24. The second-order valence-corrected chi connectivity index (χ2v) is 7.92. The Kier molecular flexibility index (Phi) is 6.07. The number of hydrogen-bond acceptors (Lipinski definition) is 5. The van der Waals surface area contributed by atoms with Gasteiger partial charge in [-0.2, -0.15) is 0 Å². The zero-order chi connectivity index (χ0) is 21.0. The molecule has 9 heteroatoms. The topological polar surface area (TPSA) is 89.3 Å². The van der Waals surface area contributed by atoms with Gasteiger partial charge in [-0.1, -0.05) is 54.5 Å². The van der Waals surface area contributed by atoms with Crippen LogP contribution in [-0.2, 0) is 14.8 Å². The van der Waals surface area contributed by atoms with Crippen molar-refractivity contribution in [2.24, 2.45) is 0 Å². The average Bonchev–Trinajstić information content (AvgIpc) is 3.14. The smallest absolute Gasteiger partial charge is 0.298 e. The van der Waals surface area contributed by atoms with Crippen molar-refractivity contribution in [3.63, 3.8) is 0 Å². The highest BCUT2D eigenvalue weighted by Gasteiger charge is 2.26. The van der Waals surface area contributed by atoms with Crippen LogP contribution in [0.15, 0.2) is 64.0 Å². The van der Waals surface area contributed by atoms with Crippen LogP contribution >= 0.6 is 0 Å². The van der Waals surface area contributed by atoms with Gasteiger partial charge in [0, 0.05) is 12.0 Å². The van der Waals surface area contributed by atoms with Gasteiger partial charge in [-0.25, -0.2) is 21.9 Å². The van der Waals surface area contributed by atoms with E-state index in [0.717, 1.165) is 0 Å². The van der Waals surface area contributed by atoms with E-state index in [2.05, 4.69) is 5.16 Å². The first-order chi connectivity index (χ1) is 13.8. The van der Waals surface area contributed by atoms with Gasteiger partial charge in [0.05, 0.1) is 10.5 Å². The monoisotopic (exact) mass is 420 g/mol. The van der Waals surface area contributed by atoms with Crippen molar-refractivity contribution >= 4 is 15.9 Å².